The van der Waals surface area contributed by atoms with E-state index in [0.717, 1.165) is 31.4 Å². The Morgan fingerprint density at radius 2 is 1.90 bits per heavy atom. The highest BCUT2D eigenvalue weighted by molar-refractivity contribution is 5.97. The molecule has 0 spiro atoms. The van der Waals surface area contributed by atoms with Crippen LogP contribution in [0.2, 0.25) is 0 Å². The first-order valence-electron chi connectivity index (χ1n) is 7.02. The predicted octanol–water partition coefficient (Wildman–Crippen LogP) is 2.30. The maximum Gasteiger partial charge on any atom is 0.329 e. The van der Waals surface area contributed by atoms with E-state index in [9.17, 15) is 14.7 Å². The molecule has 0 aromatic carbocycles. The SMILES string of the molecule is Cc1cc(C(=O)NC2(C(=O)O)CCCCCC2)ccn1. The average Bonchev–Trinajstić information content (AvgIpc) is 2.65. The zero-order valence-corrected chi connectivity index (χ0v) is 11.7. The van der Waals surface area contributed by atoms with Gasteiger partial charge in [0.25, 0.3) is 5.91 Å². The van der Waals surface area contributed by atoms with Crippen LogP contribution in [0.1, 0.15) is 54.6 Å². The molecule has 0 aliphatic heterocycles. The maximum atomic E-state index is 12.3. The first kappa shape index (κ1) is 14.5. The normalized spacial score (nSPS) is 18.1. The Balaban J connectivity index is 2.19. The molecule has 1 aliphatic carbocycles. The third-order valence-electron chi connectivity index (χ3n) is 3.88. The summed E-state index contributed by atoms with van der Waals surface area (Å²) in [6.07, 6.45) is 6.28. The van der Waals surface area contributed by atoms with Gasteiger partial charge in [-0.25, -0.2) is 4.79 Å². The molecule has 1 aliphatic rings. The van der Waals surface area contributed by atoms with Crippen molar-refractivity contribution in [3.05, 3.63) is 29.6 Å². The summed E-state index contributed by atoms with van der Waals surface area (Å²) in [6.45, 7) is 1.80. The van der Waals surface area contributed by atoms with Crippen molar-refractivity contribution in [2.45, 2.75) is 51.0 Å². The molecule has 1 fully saturated rings. The summed E-state index contributed by atoms with van der Waals surface area (Å²) in [5.41, 5.74) is 0.0790. The van der Waals surface area contributed by atoms with Gasteiger partial charge in [0.2, 0.25) is 0 Å². The molecule has 1 aromatic rings. The van der Waals surface area contributed by atoms with Crippen LogP contribution in [0.3, 0.4) is 0 Å². The summed E-state index contributed by atoms with van der Waals surface area (Å²) < 4.78 is 0. The first-order chi connectivity index (χ1) is 9.53. The highest BCUT2D eigenvalue weighted by Crippen LogP contribution is 2.28. The molecule has 1 heterocycles. The van der Waals surface area contributed by atoms with Crippen LogP contribution in [0.25, 0.3) is 0 Å². The lowest BCUT2D eigenvalue weighted by Crippen LogP contribution is -2.54. The Labute approximate surface area is 118 Å². The lowest BCUT2D eigenvalue weighted by atomic mass is 9.90. The molecule has 1 saturated carbocycles. The molecule has 0 saturated heterocycles. The fourth-order valence-electron chi connectivity index (χ4n) is 2.70. The van der Waals surface area contributed by atoms with E-state index >= 15 is 0 Å². The molecule has 108 valence electrons. The smallest absolute Gasteiger partial charge is 0.329 e. The number of amides is 1. The standard InChI is InChI=1S/C15H20N2O3/c1-11-10-12(6-9-16-11)13(18)17-15(14(19)20)7-4-2-3-5-8-15/h6,9-10H,2-5,7-8H2,1H3,(H,17,18)(H,19,20). The van der Waals surface area contributed by atoms with Crippen LogP contribution in [0.4, 0.5) is 0 Å². The van der Waals surface area contributed by atoms with Gasteiger partial charge in [0.1, 0.15) is 5.54 Å². The minimum absolute atomic E-state index is 0.334. The second-order valence-corrected chi connectivity index (χ2v) is 5.44. The van der Waals surface area contributed by atoms with Crippen molar-refractivity contribution in [1.29, 1.82) is 0 Å². The van der Waals surface area contributed by atoms with E-state index in [1.165, 1.54) is 0 Å². The topological polar surface area (TPSA) is 79.3 Å². The lowest BCUT2D eigenvalue weighted by molar-refractivity contribution is -0.145. The van der Waals surface area contributed by atoms with Crippen LogP contribution in [0.15, 0.2) is 18.3 Å². The third kappa shape index (κ3) is 3.15. The second-order valence-electron chi connectivity index (χ2n) is 5.44. The monoisotopic (exact) mass is 276 g/mol. The molecule has 5 heteroatoms. The average molecular weight is 276 g/mol. The minimum atomic E-state index is -1.12. The van der Waals surface area contributed by atoms with E-state index in [1.54, 1.807) is 25.3 Å². The summed E-state index contributed by atoms with van der Waals surface area (Å²) in [6, 6.07) is 3.27. The number of rotatable bonds is 3. The third-order valence-corrected chi connectivity index (χ3v) is 3.88. The number of hydrogen-bond acceptors (Lipinski definition) is 3. The Hall–Kier alpha value is -1.91. The Bertz CT molecular complexity index is 506. The number of carboxylic acid groups (broad SMARTS) is 1. The van der Waals surface area contributed by atoms with Crippen LogP contribution < -0.4 is 5.32 Å². The van der Waals surface area contributed by atoms with Crippen LogP contribution in [-0.4, -0.2) is 27.5 Å². The van der Waals surface area contributed by atoms with Gasteiger partial charge in [-0.15, -0.1) is 0 Å². The van der Waals surface area contributed by atoms with Gasteiger partial charge in [0.05, 0.1) is 0 Å². The zero-order valence-electron chi connectivity index (χ0n) is 11.7. The molecule has 0 radical (unpaired) electrons. The number of carbonyl (C=O) groups is 2. The summed E-state index contributed by atoms with van der Waals surface area (Å²) in [5.74, 6) is -1.27. The summed E-state index contributed by atoms with van der Waals surface area (Å²) in [4.78, 5) is 28.0. The van der Waals surface area contributed by atoms with Crippen molar-refractivity contribution < 1.29 is 14.7 Å². The van der Waals surface area contributed by atoms with Crippen LogP contribution >= 0.6 is 0 Å². The number of nitrogens with zero attached hydrogens (tertiary/aromatic N) is 1. The van der Waals surface area contributed by atoms with E-state index in [4.69, 9.17) is 0 Å². The van der Waals surface area contributed by atoms with Gasteiger partial charge in [0, 0.05) is 17.5 Å². The van der Waals surface area contributed by atoms with Crippen molar-refractivity contribution >= 4 is 11.9 Å². The first-order valence-corrected chi connectivity index (χ1v) is 7.02. The number of aryl methyl sites for hydroxylation is 1. The summed E-state index contributed by atoms with van der Waals surface area (Å²) in [5, 5.41) is 12.3. The molecule has 0 bridgehead atoms. The van der Waals surface area contributed by atoms with Crippen molar-refractivity contribution in [1.82, 2.24) is 10.3 Å². The molecule has 1 aromatic heterocycles. The van der Waals surface area contributed by atoms with E-state index in [2.05, 4.69) is 10.3 Å². The fourth-order valence-corrected chi connectivity index (χ4v) is 2.70. The number of carbonyl (C=O) groups excluding carboxylic acids is 1. The number of pyridine rings is 1. The number of hydrogen-bond donors (Lipinski definition) is 2. The molecule has 0 atom stereocenters. The summed E-state index contributed by atoms with van der Waals surface area (Å²) >= 11 is 0. The van der Waals surface area contributed by atoms with Crippen LogP contribution in [-0.2, 0) is 4.79 Å². The van der Waals surface area contributed by atoms with Gasteiger partial charge in [-0.2, -0.15) is 0 Å². The van der Waals surface area contributed by atoms with Crippen molar-refractivity contribution in [2.75, 3.05) is 0 Å². The highest BCUT2D eigenvalue weighted by atomic mass is 16.4. The van der Waals surface area contributed by atoms with Gasteiger partial charge in [0.15, 0.2) is 0 Å². The number of carboxylic acids is 1. The molecular weight excluding hydrogens is 256 g/mol. The Morgan fingerprint density at radius 1 is 1.25 bits per heavy atom. The van der Waals surface area contributed by atoms with Crippen molar-refractivity contribution in [3.8, 4) is 0 Å². The summed E-state index contributed by atoms with van der Waals surface area (Å²) in [7, 11) is 0. The molecule has 0 unspecified atom stereocenters. The fraction of sp³-hybridized carbons (Fsp3) is 0.533. The van der Waals surface area contributed by atoms with E-state index in [1.807, 2.05) is 0 Å². The maximum absolute atomic E-state index is 12.3. The Kier molecular flexibility index (Phi) is 4.37. The molecular formula is C15H20N2O3. The van der Waals surface area contributed by atoms with Gasteiger partial charge in [-0.3, -0.25) is 9.78 Å². The molecule has 20 heavy (non-hydrogen) atoms. The molecule has 2 N–H and O–H groups in total. The number of aliphatic carboxylic acids is 1. The van der Waals surface area contributed by atoms with Crippen molar-refractivity contribution in [3.63, 3.8) is 0 Å². The van der Waals surface area contributed by atoms with Gasteiger partial charge >= 0.3 is 5.97 Å². The number of aromatic nitrogens is 1. The lowest BCUT2D eigenvalue weighted by Gasteiger charge is -2.29. The van der Waals surface area contributed by atoms with E-state index in [-0.39, 0.29) is 5.91 Å². The van der Waals surface area contributed by atoms with E-state index in [0.29, 0.717) is 18.4 Å². The van der Waals surface area contributed by atoms with E-state index < -0.39 is 11.5 Å². The van der Waals surface area contributed by atoms with Crippen LogP contribution in [0, 0.1) is 6.92 Å². The molecule has 5 nitrogen and oxygen atoms in total. The zero-order chi connectivity index (χ0) is 14.6. The number of nitrogens with one attached hydrogen (secondary N) is 1. The van der Waals surface area contributed by atoms with Crippen molar-refractivity contribution in [2.24, 2.45) is 0 Å². The molecule has 2 rings (SSSR count). The minimum Gasteiger partial charge on any atom is -0.480 e. The van der Waals surface area contributed by atoms with Crippen LogP contribution in [0.5, 0.6) is 0 Å². The second kappa shape index (κ2) is 6.03. The van der Waals surface area contributed by atoms with Gasteiger partial charge in [-0.05, 0) is 31.9 Å². The Morgan fingerprint density at radius 3 is 2.45 bits per heavy atom. The highest BCUT2D eigenvalue weighted by Gasteiger charge is 2.40. The molecule has 1 amide bonds. The van der Waals surface area contributed by atoms with Gasteiger partial charge in [-0.1, -0.05) is 25.7 Å². The quantitative estimate of drug-likeness (QED) is 0.830. The largest absolute Gasteiger partial charge is 0.480 e. The predicted molar refractivity (Wildman–Crippen MR) is 74.5 cm³/mol. The van der Waals surface area contributed by atoms with Gasteiger partial charge < -0.3 is 10.4 Å².